The number of methoxy groups -OCH3 is 1. The summed E-state index contributed by atoms with van der Waals surface area (Å²) in [5, 5.41) is 9.13. The highest BCUT2D eigenvalue weighted by atomic mass is 19.1. The third-order valence-corrected chi connectivity index (χ3v) is 3.74. The Bertz CT molecular complexity index is 763. The van der Waals surface area contributed by atoms with Gasteiger partial charge in [0.2, 0.25) is 0 Å². The largest absolute Gasteiger partial charge is 0.493 e. The summed E-state index contributed by atoms with van der Waals surface area (Å²) in [4.78, 5) is 25.2. The molecule has 7 heteroatoms. The van der Waals surface area contributed by atoms with E-state index >= 15 is 0 Å². The molecule has 0 atom stereocenters. The second-order valence-electron chi connectivity index (χ2n) is 5.90. The lowest BCUT2D eigenvalue weighted by Crippen LogP contribution is -2.35. The van der Waals surface area contributed by atoms with Gasteiger partial charge in [0, 0.05) is 32.2 Å². The summed E-state index contributed by atoms with van der Waals surface area (Å²) in [6.07, 6.45) is 0.713. The molecule has 0 spiro atoms. The highest BCUT2D eigenvalue weighted by molar-refractivity contribution is 5.96. The number of carboxylic acids is 1. The summed E-state index contributed by atoms with van der Waals surface area (Å²) in [5.74, 6) is -1.44. The smallest absolute Gasteiger partial charge is 0.323 e. The van der Waals surface area contributed by atoms with Gasteiger partial charge in [-0.25, -0.2) is 4.39 Å². The van der Waals surface area contributed by atoms with Gasteiger partial charge in [-0.05, 0) is 35.9 Å². The van der Waals surface area contributed by atoms with E-state index in [9.17, 15) is 14.0 Å². The van der Waals surface area contributed by atoms with Crippen LogP contribution >= 0.6 is 0 Å². The first kappa shape index (κ1) is 20.4. The summed E-state index contributed by atoms with van der Waals surface area (Å²) in [6, 6.07) is 12.2. The predicted octanol–water partition coefficient (Wildman–Crippen LogP) is 2.97. The van der Waals surface area contributed by atoms with Gasteiger partial charge in [-0.2, -0.15) is 0 Å². The van der Waals surface area contributed by atoms with Crippen molar-refractivity contribution in [1.29, 1.82) is 0 Å². The van der Waals surface area contributed by atoms with Crippen molar-refractivity contribution >= 4 is 11.9 Å². The Morgan fingerprint density at radius 2 is 1.85 bits per heavy atom. The maximum atomic E-state index is 13.1. The first-order valence-corrected chi connectivity index (χ1v) is 8.47. The molecule has 2 aromatic rings. The van der Waals surface area contributed by atoms with Crippen LogP contribution in [0.3, 0.4) is 0 Å². The van der Waals surface area contributed by atoms with E-state index in [1.807, 2.05) is 0 Å². The number of rotatable bonds is 10. The number of carbonyl (C=O) groups excluding carboxylic acids is 1. The molecule has 2 rings (SSSR count). The Hall–Kier alpha value is -2.93. The van der Waals surface area contributed by atoms with Gasteiger partial charge in [0.15, 0.2) is 0 Å². The van der Waals surface area contributed by atoms with Crippen molar-refractivity contribution in [2.24, 2.45) is 0 Å². The quantitative estimate of drug-likeness (QED) is 0.646. The van der Waals surface area contributed by atoms with Crippen LogP contribution < -0.4 is 4.74 Å². The zero-order valence-corrected chi connectivity index (χ0v) is 15.1. The summed E-state index contributed by atoms with van der Waals surface area (Å²) in [7, 11) is 1.61. The molecule has 0 radical (unpaired) electrons. The Labute approximate surface area is 157 Å². The molecule has 0 saturated heterocycles. The highest BCUT2D eigenvalue weighted by Crippen LogP contribution is 2.17. The van der Waals surface area contributed by atoms with Crippen molar-refractivity contribution in [2.75, 3.05) is 26.9 Å². The van der Waals surface area contributed by atoms with Crippen molar-refractivity contribution in [2.45, 2.75) is 13.0 Å². The van der Waals surface area contributed by atoms with Crippen LogP contribution in [0.1, 0.15) is 22.3 Å². The summed E-state index contributed by atoms with van der Waals surface area (Å²) in [5.41, 5.74) is 0.959. The third-order valence-electron chi connectivity index (χ3n) is 3.74. The maximum absolute atomic E-state index is 13.1. The minimum absolute atomic E-state index is 0.0599. The van der Waals surface area contributed by atoms with Gasteiger partial charge < -0.3 is 19.5 Å². The van der Waals surface area contributed by atoms with E-state index in [4.69, 9.17) is 14.6 Å². The van der Waals surface area contributed by atoms with Crippen LogP contribution in [0.25, 0.3) is 0 Å². The topological polar surface area (TPSA) is 76.1 Å². The molecule has 0 heterocycles. The number of carbonyl (C=O) groups is 2. The monoisotopic (exact) mass is 375 g/mol. The van der Waals surface area contributed by atoms with Crippen LogP contribution in [-0.2, 0) is 16.1 Å². The lowest BCUT2D eigenvalue weighted by molar-refractivity contribution is -0.137. The molecule has 0 aliphatic heterocycles. The molecule has 27 heavy (non-hydrogen) atoms. The number of carboxylic acid groups (broad SMARTS) is 1. The molecule has 0 saturated carbocycles. The molecule has 0 bridgehead atoms. The first-order valence-electron chi connectivity index (χ1n) is 8.47. The van der Waals surface area contributed by atoms with Gasteiger partial charge in [0.25, 0.3) is 5.91 Å². The number of aliphatic carboxylic acids is 1. The summed E-state index contributed by atoms with van der Waals surface area (Å²) >= 11 is 0. The van der Waals surface area contributed by atoms with E-state index in [-0.39, 0.29) is 6.54 Å². The molecule has 0 aromatic heterocycles. The lowest BCUT2D eigenvalue weighted by atomic mass is 10.1. The van der Waals surface area contributed by atoms with E-state index < -0.39 is 24.2 Å². The van der Waals surface area contributed by atoms with Crippen LogP contribution in [0.5, 0.6) is 5.75 Å². The van der Waals surface area contributed by atoms with E-state index in [0.717, 1.165) is 0 Å². The van der Waals surface area contributed by atoms with Crippen LogP contribution in [0.2, 0.25) is 0 Å². The number of amides is 1. The number of nitrogens with zero attached hydrogens (tertiary/aromatic N) is 1. The zero-order valence-electron chi connectivity index (χ0n) is 15.1. The fourth-order valence-electron chi connectivity index (χ4n) is 2.47. The van der Waals surface area contributed by atoms with Crippen LogP contribution in [-0.4, -0.2) is 48.8 Å². The van der Waals surface area contributed by atoms with Crippen LogP contribution in [0.4, 0.5) is 4.39 Å². The molecular formula is C20H22FNO5. The number of hydrogen-bond donors (Lipinski definition) is 1. The number of benzene rings is 2. The zero-order chi connectivity index (χ0) is 19.6. The Morgan fingerprint density at radius 1 is 1.11 bits per heavy atom. The van der Waals surface area contributed by atoms with Crippen LogP contribution in [0, 0.1) is 5.82 Å². The van der Waals surface area contributed by atoms with Gasteiger partial charge in [0.1, 0.15) is 18.1 Å². The van der Waals surface area contributed by atoms with Gasteiger partial charge >= 0.3 is 5.97 Å². The third kappa shape index (κ3) is 6.71. The minimum atomic E-state index is -1.13. The fourth-order valence-corrected chi connectivity index (χ4v) is 2.47. The average molecular weight is 375 g/mol. The second kappa shape index (κ2) is 10.3. The van der Waals surface area contributed by atoms with E-state index in [0.29, 0.717) is 36.5 Å². The minimum Gasteiger partial charge on any atom is -0.493 e. The number of halogens is 1. The molecule has 144 valence electrons. The molecule has 1 N–H and O–H groups in total. The molecule has 2 aromatic carbocycles. The predicted molar refractivity (Wildman–Crippen MR) is 97.2 cm³/mol. The molecule has 0 aliphatic carbocycles. The number of hydrogen-bond acceptors (Lipinski definition) is 4. The van der Waals surface area contributed by atoms with Crippen molar-refractivity contribution in [3.8, 4) is 5.75 Å². The summed E-state index contributed by atoms with van der Waals surface area (Å²) in [6.45, 7) is 0.613. The van der Waals surface area contributed by atoms with Gasteiger partial charge in [-0.3, -0.25) is 9.59 Å². The highest BCUT2D eigenvalue weighted by Gasteiger charge is 2.19. The molecule has 0 aliphatic rings. The summed E-state index contributed by atoms with van der Waals surface area (Å²) < 4.78 is 23.6. The Kier molecular flexibility index (Phi) is 7.76. The normalized spacial score (nSPS) is 10.4. The Morgan fingerprint density at radius 3 is 2.52 bits per heavy atom. The molecule has 0 fully saturated rings. The first-order chi connectivity index (χ1) is 13.0. The van der Waals surface area contributed by atoms with Crippen LogP contribution in [0.15, 0.2) is 48.5 Å². The standard InChI is InChI=1S/C20H22FNO5/c1-26-10-3-11-27-18-5-2-4-16(12-18)20(25)22(14-19(23)24)13-15-6-8-17(21)9-7-15/h2,4-9,12H,3,10-11,13-14H2,1H3,(H,23,24). The van der Waals surface area contributed by atoms with Crippen molar-refractivity contribution in [3.05, 3.63) is 65.5 Å². The van der Waals surface area contributed by atoms with Gasteiger partial charge in [-0.15, -0.1) is 0 Å². The lowest BCUT2D eigenvalue weighted by Gasteiger charge is -2.21. The molecule has 0 unspecified atom stereocenters. The second-order valence-corrected chi connectivity index (χ2v) is 5.90. The van der Waals surface area contributed by atoms with Crippen molar-refractivity contribution in [1.82, 2.24) is 4.90 Å². The van der Waals surface area contributed by atoms with E-state index in [1.54, 1.807) is 31.4 Å². The van der Waals surface area contributed by atoms with Crippen molar-refractivity contribution < 1.29 is 28.6 Å². The van der Waals surface area contributed by atoms with Crippen molar-refractivity contribution in [3.63, 3.8) is 0 Å². The van der Waals surface area contributed by atoms with E-state index in [1.165, 1.54) is 29.2 Å². The maximum Gasteiger partial charge on any atom is 0.323 e. The Balaban J connectivity index is 2.11. The average Bonchev–Trinajstić information content (AvgIpc) is 2.66. The molecular weight excluding hydrogens is 353 g/mol. The fraction of sp³-hybridized carbons (Fsp3) is 0.300. The van der Waals surface area contributed by atoms with Gasteiger partial charge in [0.05, 0.1) is 6.61 Å². The molecule has 6 nitrogen and oxygen atoms in total. The number of ether oxygens (including phenoxy) is 2. The SMILES string of the molecule is COCCCOc1cccc(C(=O)N(CC(=O)O)Cc2ccc(F)cc2)c1. The molecule has 1 amide bonds. The van der Waals surface area contributed by atoms with E-state index in [2.05, 4.69) is 0 Å². The van der Waals surface area contributed by atoms with Gasteiger partial charge in [-0.1, -0.05) is 18.2 Å².